The molecule has 4 aromatic rings. The summed E-state index contributed by atoms with van der Waals surface area (Å²) in [6.45, 7) is 3.49. The number of halogens is 1. The van der Waals surface area contributed by atoms with Crippen molar-refractivity contribution in [2.24, 2.45) is 4.99 Å². The normalized spacial score (nSPS) is 14.3. The third-order valence-corrected chi connectivity index (χ3v) is 8.04. The summed E-state index contributed by atoms with van der Waals surface area (Å²) in [6.07, 6.45) is 0.719. The summed E-state index contributed by atoms with van der Waals surface area (Å²) < 4.78 is 7.29. The number of thiophene rings is 1. The molecule has 1 N–H and O–H groups in total. The van der Waals surface area contributed by atoms with Crippen LogP contribution in [0.15, 0.2) is 53.5 Å². The predicted molar refractivity (Wildman–Crippen MR) is 141 cm³/mol. The molecule has 2 aromatic heterocycles. The van der Waals surface area contributed by atoms with Gasteiger partial charge in [0.15, 0.2) is 5.82 Å². The van der Waals surface area contributed by atoms with Crippen LogP contribution in [0.4, 0.5) is 10.5 Å². The van der Waals surface area contributed by atoms with Crippen molar-refractivity contribution in [3.63, 3.8) is 0 Å². The zero-order chi connectivity index (χ0) is 24.8. The zero-order valence-electron chi connectivity index (χ0n) is 19.8. The number of hydrogen-bond donors (Lipinski definition) is 1. The van der Waals surface area contributed by atoms with E-state index in [0.29, 0.717) is 24.7 Å². The molecule has 4 heterocycles. The summed E-state index contributed by atoms with van der Waals surface area (Å²) in [5.41, 5.74) is 4.78. The number of anilines is 1. The minimum atomic E-state index is -0.129. The Morgan fingerprint density at radius 3 is 2.72 bits per heavy atom. The highest BCUT2D eigenvalue weighted by Gasteiger charge is 2.33. The van der Waals surface area contributed by atoms with Crippen molar-refractivity contribution in [2.45, 2.75) is 26.4 Å². The third-order valence-electron chi connectivity index (χ3n) is 6.51. The Balaban J connectivity index is 1.37. The predicted octanol–water partition coefficient (Wildman–Crippen LogP) is 5.24. The Morgan fingerprint density at radius 1 is 1.14 bits per heavy atom. The number of methoxy groups -OCH3 is 1. The number of carbonyl (C=O) groups is 1. The molecule has 0 radical (unpaired) electrons. The zero-order valence-corrected chi connectivity index (χ0v) is 21.4. The van der Waals surface area contributed by atoms with Crippen molar-refractivity contribution in [2.75, 3.05) is 19.0 Å². The first-order valence-electron chi connectivity index (χ1n) is 11.6. The second kappa shape index (κ2) is 9.07. The van der Waals surface area contributed by atoms with Crippen LogP contribution in [0.3, 0.4) is 0 Å². The lowest BCUT2D eigenvalue weighted by Crippen LogP contribution is -2.38. The number of hydrogen-bond acceptors (Lipinski definition) is 6. The summed E-state index contributed by atoms with van der Waals surface area (Å²) in [4.78, 5) is 21.0. The van der Waals surface area contributed by atoms with Crippen LogP contribution in [-0.2, 0) is 19.5 Å². The van der Waals surface area contributed by atoms with Gasteiger partial charge in [-0.05, 0) is 49.2 Å². The lowest BCUT2D eigenvalue weighted by Gasteiger charge is -2.27. The van der Waals surface area contributed by atoms with Crippen molar-refractivity contribution in [1.29, 1.82) is 0 Å². The molecule has 0 unspecified atom stereocenters. The van der Waals surface area contributed by atoms with Gasteiger partial charge in [-0.15, -0.1) is 21.5 Å². The standard InChI is InChI=1S/C26H23ClN6O2S/c1-15-30-31-22-13-28-24(18-5-3-4-6-20(18)27)23-19-11-12-32(14-21(19)36-25(23)33(15)22)26(34)29-16-7-9-17(35-2)10-8-16/h3-10H,11-14H2,1-2H3,(H,29,34). The van der Waals surface area contributed by atoms with Crippen LogP contribution in [0.2, 0.25) is 5.02 Å². The maximum absolute atomic E-state index is 13.1. The van der Waals surface area contributed by atoms with Crippen LogP contribution in [-0.4, -0.2) is 45.1 Å². The van der Waals surface area contributed by atoms with Crippen LogP contribution in [0, 0.1) is 6.92 Å². The molecule has 36 heavy (non-hydrogen) atoms. The Bertz CT molecular complexity index is 1510. The minimum absolute atomic E-state index is 0.129. The number of benzene rings is 2. The van der Waals surface area contributed by atoms with Gasteiger partial charge in [-0.3, -0.25) is 9.56 Å². The van der Waals surface area contributed by atoms with Gasteiger partial charge in [0.05, 0.1) is 19.4 Å². The first-order valence-corrected chi connectivity index (χ1v) is 12.8. The van der Waals surface area contributed by atoms with E-state index in [9.17, 15) is 4.79 Å². The van der Waals surface area contributed by atoms with Crippen molar-refractivity contribution < 1.29 is 9.53 Å². The molecule has 182 valence electrons. The summed E-state index contributed by atoms with van der Waals surface area (Å²) in [6, 6.07) is 15.0. The molecule has 10 heteroatoms. The third kappa shape index (κ3) is 3.84. The largest absolute Gasteiger partial charge is 0.497 e. The average Bonchev–Trinajstić information content (AvgIpc) is 3.40. The molecule has 0 atom stereocenters. The van der Waals surface area contributed by atoms with Crippen LogP contribution in [0.1, 0.15) is 33.2 Å². The molecule has 2 amide bonds. The molecule has 0 saturated heterocycles. The highest BCUT2D eigenvalue weighted by atomic mass is 35.5. The van der Waals surface area contributed by atoms with Gasteiger partial charge in [0.1, 0.15) is 23.1 Å². The van der Waals surface area contributed by atoms with Gasteiger partial charge in [0.2, 0.25) is 0 Å². The molecular weight excluding hydrogens is 496 g/mol. The van der Waals surface area contributed by atoms with Gasteiger partial charge in [-0.25, -0.2) is 4.79 Å². The Hall–Kier alpha value is -3.69. The van der Waals surface area contributed by atoms with Gasteiger partial charge in [0.25, 0.3) is 0 Å². The number of amides is 2. The maximum Gasteiger partial charge on any atom is 0.322 e. The fourth-order valence-corrected chi connectivity index (χ4v) is 6.37. The number of aliphatic imine (C=N–C) groups is 1. The van der Waals surface area contributed by atoms with E-state index in [4.69, 9.17) is 21.3 Å². The van der Waals surface area contributed by atoms with E-state index in [1.807, 2.05) is 60.4 Å². The second-order valence-electron chi connectivity index (χ2n) is 8.66. The van der Waals surface area contributed by atoms with Crippen molar-refractivity contribution in [1.82, 2.24) is 19.7 Å². The summed E-state index contributed by atoms with van der Waals surface area (Å²) in [5.74, 6) is 2.36. The van der Waals surface area contributed by atoms with Gasteiger partial charge in [0, 0.05) is 33.3 Å². The highest BCUT2D eigenvalue weighted by molar-refractivity contribution is 7.15. The van der Waals surface area contributed by atoms with Crippen LogP contribution >= 0.6 is 22.9 Å². The summed E-state index contributed by atoms with van der Waals surface area (Å²) in [7, 11) is 1.62. The van der Waals surface area contributed by atoms with E-state index in [-0.39, 0.29) is 6.03 Å². The molecule has 2 aromatic carbocycles. The van der Waals surface area contributed by atoms with Crippen LogP contribution < -0.4 is 10.1 Å². The monoisotopic (exact) mass is 518 g/mol. The first kappa shape index (κ1) is 22.8. The minimum Gasteiger partial charge on any atom is -0.497 e. The Labute approximate surface area is 217 Å². The van der Waals surface area contributed by atoms with E-state index >= 15 is 0 Å². The Morgan fingerprint density at radius 2 is 1.94 bits per heavy atom. The highest BCUT2D eigenvalue weighted by Crippen LogP contribution is 2.40. The van der Waals surface area contributed by atoms with Crippen molar-refractivity contribution in [3.05, 3.63) is 86.8 Å². The van der Waals surface area contributed by atoms with Crippen LogP contribution in [0.5, 0.6) is 5.75 Å². The number of nitrogens with zero attached hydrogens (tertiary/aromatic N) is 5. The average molecular weight is 519 g/mol. The lowest BCUT2D eigenvalue weighted by atomic mass is 9.95. The molecule has 6 rings (SSSR count). The molecule has 0 saturated carbocycles. The number of nitrogens with one attached hydrogen (secondary N) is 1. The van der Waals surface area contributed by atoms with E-state index in [0.717, 1.165) is 56.2 Å². The number of fused-ring (bicyclic) bond motifs is 5. The molecule has 0 aliphatic carbocycles. The van der Waals surface area contributed by atoms with E-state index in [1.54, 1.807) is 18.4 Å². The van der Waals surface area contributed by atoms with Crippen LogP contribution in [0.25, 0.3) is 5.00 Å². The maximum atomic E-state index is 13.1. The topological polar surface area (TPSA) is 84.6 Å². The second-order valence-corrected chi connectivity index (χ2v) is 10.1. The van der Waals surface area contributed by atoms with Crippen molar-refractivity contribution in [3.8, 4) is 10.8 Å². The fourth-order valence-electron chi connectivity index (χ4n) is 4.72. The van der Waals surface area contributed by atoms with E-state index in [2.05, 4.69) is 20.1 Å². The summed E-state index contributed by atoms with van der Waals surface area (Å²) >= 11 is 8.29. The SMILES string of the molecule is COc1ccc(NC(=O)N2CCc3c(sc4c3C(c3ccccc3Cl)=NCc3nnc(C)n3-4)C2)cc1. The number of ether oxygens (including phenoxy) is 1. The number of rotatable bonds is 3. The molecular formula is C26H23ClN6O2S. The number of aromatic nitrogens is 3. The number of aryl methyl sites for hydroxylation is 1. The van der Waals surface area contributed by atoms with Crippen molar-refractivity contribution >= 4 is 40.4 Å². The van der Waals surface area contributed by atoms with Gasteiger partial charge in [-0.1, -0.05) is 29.8 Å². The number of urea groups is 1. The Kier molecular flexibility index (Phi) is 5.73. The molecule has 0 fully saturated rings. The smallest absolute Gasteiger partial charge is 0.322 e. The fraction of sp³-hybridized carbons (Fsp3) is 0.231. The van der Waals surface area contributed by atoms with E-state index < -0.39 is 0 Å². The van der Waals surface area contributed by atoms with E-state index in [1.165, 1.54) is 5.56 Å². The number of carbonyl (C=O) groups excluding carboxylic acids is 1. The molecule has 8 nitrogen and oxygen atoms in total. The summed E-state index contributed by atoms with van der Waals surface area (Å²) in [5, 5.41) is 13.4. The van der Waals surface area contributed by atoms with Gasteiger partial charge in [-0.2, -0.15) is 0 Å². The molecule has 2 aliphatic heterocycles. The molecule has 2 aliphatic rings. The molecule has 0 spiro atoms. The van der Waals surface area contributed by atoms with Gasteiger partial charge >= 0.3 is 6.03 Å². The quantitative estimate of drug-likeness (QED) is 0.402. The first-order chi connectivity index (χ1) is 17.5. The lowest BCUT2D eigenvalue weighted by molar-refractivity contribution is 0.207. The molecule has 0 bridgehead atoms. The van der Waals surface area contributed by atoms with Gasteiger partial charge < -0.3 is 15.0 Å².